The van der Waals surface area contributed by atoms with Gasteiger partial charge in [-0.05, 0) is 48.1 Å². The van der Waals surface area contributed by atoms with Gasteiger partial charge >= 0.3 is 0 Å². The molecule has 0 aliphatic heterocycles. The molecule has 0 saturated carbocycles. The molecule has 0 spiro atoms. The van der Waals surface area contributed by atoms with Crippen LogP contribution in [0.15, 0.2) is 16.8 Å². The molecule has 0 amide bonds. The zero-order valence-electron chi connectivity index (χ0n) is 12.2. The maximum Gasteiger partial charge on any atom is 0.0519 e. The first-order chi connectivity index (χ1) is 7.91. The molecule has 0 fully saturated rings. The summed E-state index contributed by atoms with van der Waals surface area (Å²) < 4.78 is 0. The van der Waals surface area contributed by atoms with Gasteiger partial charge in [0.1, 0.15) is 0 Å². The fourth-order valence-electron chi connectivity index (χ4n) is 1.31. The summed E-state index contributed by atoms with van der Waals surface area (Å²) in [6, 6.07) is 0. The molecular weight excluding hydrogens is 212 g/mol. The maximum absolute atomic E-state index is 4.50. The summed E-state index contributed by atoms with van der Waals surface area (Å²) in [6.45, 7) is 8.01. The summed E-state index contributed by atoms with van der Waals surface area (Å²) in [5.74, 6) is 0. The number of rotatable bonds is 8. The molecule has 0 aliphatic carbocycles. The minimum Gasteiger partial charge on any atom is -0.387 e. The number of aliphatic imine (C=N–C) groups is 1. The molecule has 0 aromatic heterocycles. The van der Waals surface area contributed by atoms with Crippen molar-refractivity contribution in [1.29, 1.82) is 0 Å². The van der Waals surface area contributed by atoms with E-state index in [1.54, 1.807) is 0 Å². The summed E-state index contributed by atoms with van der Waals surface area (Å²) >= 11 is 0. The third-order valence-corrected chi connectivity index (χ3v) is 2.30. The van der Waals surface area contributed by atoms with Gasteiger partial charge in [-0.1, -0.05) is 0 Å². The standard InChI is InChI=1S/C13H28N4/c1-12(14-7-9-16(3)4)11-13(2)15-8-10-17(5)6/h11,14H,7-10H2,1-6H3/b12-11-,15-13?. The van der Waals surface area contributed by atoms with Gasteiger partial charge in [0, 0.05) is 31.0 Å². The SMILES string of the molecule is CC(/C=C(/C)NCCN(C)C)=NCCN(C)C. The maximum atomic E-state index is 4.50. The van der Waals surface area contributed by atoms with Crippen LogP contribution in [0.4, 0.5) is 0 Å². The van der Waals surface area contributed by atoms with Gasteiger partial charge in [0.2, 0.25) is 0 Å². The van der Waals surface area contributed by atoms with Crippen LogP contribution < -0.4 is 5.32 Å². The van der Waals surface area contributed by atoms with Gasteiger partial charge in [-0.2, -0.15) is 0 Å². The molecule has 0 aliphatic rings. The number of allylic oxidation sites excluding steroid dienone is 2. The van der Waals surface area contributed by atoms with Crippen LogP contribution in [0.5, 0.6) is 0 Å². The topological polar surface area (TPSA) is 30.9 Å². The van der Waals surface area contributed by atoms with Crippen molar-refractivity contribution in [2.45, 2.75) is 13.8 Å². The first-order valence-electron chi connectivity index (χ1n) is 6.14. The Labute approximate surface area is 106 Å². The third-order valence-electron chi connectivity index (χ3n) is 2.30. The van der Waals surface area contributed by atoms with Crippen molar-refractivity contribution in [2.75, 3.05) is 54.4 Å². The van der Waals surface area contributed by atoms with Gasteiger partial charge in [0.25, 0.3) is 0 Å². The Kier molecular flexibility index (Phi) is 8.72. The highest BCUT2D eigenvalue weighted by molar-refractivity contribution is 5.93. The second-order valence-electron chi connectivity index (χ2n) is 4.88. The van der Waals surface area contributed by atoms with E-state index in [-0.39, 0.29) is 0 Å². The number of hydrogen-bond donors (Lipinski definition) is 1. The predicted octanol–water partition coefficient (Wildman–Crippen LogP) is 1.06. The van der Waals surface area contributed by atoms with E-state index in [0.29, 0.717) is 0 Å². The summed E-state index contributed by atoms with van der Waals surface area (Å²) in [7, 11) is 8.28. The van der Waals surface area contributed by atoms with Crippen LogP contribution >= 0.6 is 0 Å². The van der Waals surface area contributed by atoms with Crippen LogP contribution in [-0.2, 0) is 0 Å². The van der Waals surface area contributed by atoms with Crippen molar-refractivity contribution in [3.8, 4) is 0 Å². The fourth-order valence-corrected chi connectivity index (χ4v) is 1.31. The van der Waals surface area contributed by atoms with E-state index in [4.69, 9.17) is 0 Å². The lowest BCUT2D eigenvalue weighted by molar-refractivity contribution is 0.408. The van der Waals surface area contributed by atoms with E-state index in [1.807, 2.05) is 6.92 Å². The lowest BCUT2D eigenvalue weighted by Gasteiger charge is -2.11. The smallest absolute Gasteiger partial charge is 0.0519 e. The fraction of sp³-hybridized carbons (Fsp3) is 0.769. The normalized spacial score (nSPS) is 13.6. The zero-order chi connectivity index (χ0) is 13.3. The molecule has 0 rings (SSSR count). The number of likely N-dealkylation sites (N-methyl/N-ethyl adjacent to an activating group) is 2. The first-order valence-corrected chi connectivity index (χ1v) is 6.14. The van der Waals surface area contributed by atoms with E-state index in [1.165, 1.54) is 5.70 Å². The molecule has 0 aromatic carbocycles. The van der Waals surface area contributed by atoms with E-state index >= 15 is 0 Å². The molecule has 0 unspecified atom stereocenters. The molecule has 0 saturated heterocycles. The molecule has 0 heterocycles. The average molecular weight is 240 g/mol. The Morgan fingerprint density at radius 3 is 2.18 bits per heavy atom. The minimum atomic E-state index is 0.861. The summed E-state index contributed by atoms with van der Waals surface area (Å²) in [5, 5.41) is 3.37. The third kappa shape index (κ3) is 11.4. The van der Waals surface area contributed by atoms with Crippen LogP contribution in [0, 0.1) is 0 Å². The number of nitrogens with zero attached hydrogens (tertiary/aromatic N) is 3. The Morgan fingerprint density at radius 1 is 1.06 bits per heavy atom. The molecular formula is C13H28N4. The molecule has 0 radical (unpaired) electrons. The van der Waals surface area contributed by atoms with Crippen molar-refractivity contribution in [2.24, 2.45) is 4.99 Å². The Bertz CT molecular complexity index is 254. The predicted molar refractivity (Wildman–Crippen MR) is 76.8 cm³/mol. The van der Waals surface area contributed by atoms with E-state index in [0.717, 1.165) is 31.9 Å². The monoisotopic (exact) mass is 240 g/mol. The van der Waals surface area contributed by atoms with Crippen LogP contribution in [0.2, 0.25) is 0 Å². The molecule has 1 N–H and O–H groups in total. The van der Waals surface area contributed by atoms with Crippen molar-refractivity contribution in [3.63, 3.8) is 0 Å². The van der Waals surface area contributed by atoms with Crippen molar-refractivity contribution in [3.05, 3.63) is 11.8 Å². The van der Waals surface area contributed by atoms with Gasteiger partial charge < -0.3 is 15.1 Å². The van der Waals surface area contributed by atoms with Crippen molar-refractivity contribution in [1.82, 2.24) is 15.1 Å². The second kappa shape index (κ2) is 9.19. The molecule has 0 bridgehead atoms. The average Bonchev–Trinajstić information content (AvgIpc) is 2.15. The quantitative estimate of drug-likeness (QED) is 0.644. The van der Waals surface area contributed by atoms with Crippen LogP contribution in [0.3, 0.4) is 0 Å². The summed E-state index contributed by atoms with van der Waals surface area (Å²) in [5.41, 5.74) is 2.26. The lowest BCUT2D eigenvalue weighted by atomic mass is 10.3. The van der Waals surface area contributed by atoms with Crippen molar-refractivity contribution >= 4 is 5.71 Å². The van der Waals surface area contributed by atoms with Crippen LogP contribution in [0.25, 0.3) is 0 Å². The first kappa shape index (κ1) is 16.1. The second-order valence-corrected chi connectivity index (χ2v) is 4.88. The molecule has 4 heteroatoms. The van der Waals surface area contributed by atoms with Gasteiger partial charge in [-0.15, -0.1) is 0 Å². The Balaban J connectivity index is 3.92. The van der Waals surface area contributed by atoms with Crippen molar-refractivity contribution < 1.29 is 0 Å². The van der Waals surface area contributed by atoms with E-state index in [2.05, 4.69) is 61.3 Å². The highest BCUT2D eigenvalue weighted by Crippen LogP contribution is 1.90. The summed E-state index contributed by atoms with van der Waals surface area (Å²) in [6.07, 6.45) is 2.10. The van der Waals surface area contributed by atoms with Crippen LogP contribution in [-0.4, -0.2) is 69.9 Å². The van der Waals surface area contributed by atoms with E-state index in [9.17, 15) is 0 Å². The Hall–Kier alpha value is -0.870. The minimum absolute atomic E-state index is 0.861. The molecule has 0 atom stereocenters. The zero-order valence-corrected chi connectivity index (χ0v) is 12.2. The number of nitrogens with one attached hydrogen (secondary N) is 1. The molecule has 100 valence electrons. The summed E-state index contributed by atoms with van der Waals surface area (Å²) in [4.78, 5) is 8.80. The van der Waals surface area contributed by atoms with Gasteiger partial charge in [0.05, 0.1) is 6.54 Å². The van der Waals surface area contributed by atoms with Crippen LogP contribution in [0.1, 0.15) is 13.8 Å². The highest BCUT2D eigenvalue weighted by atomic mass is 15.1. The number of hydrogen-bond acceptors (Lipinski definition) is 4. The molecule has 17 heavy (non-hydrogen) atoms. The van der Waals surface area contributed by atoms with Gasteiger partial charge in [0.15, 0.2) is 0 Å². The lowest BCUT2D eigenvalue weighted by Crippen LogP contribution is -2.25. The van der Waals surface area contributed by atoms with E-state index < -0.39 is 0 Å². The highest BCUT2D eigenvalue weighted by Gasteiger charge is 1.93. The molecule has 4 nitrogen and oxygen atoms in total. The van der Waals surface area contributed by atoms with Gasteiger partial charge in [-0.25, -0.2) is 0 Å². The largest absolute Gasteiger partial charge is 0.387 e. The molecule has 0 aromatic rings. The van der Waals surface area contributed by atoms with Gasteiger partial charge in [-0.3, -0.25) is 4.99 Å². The Morgan fingerprint density at radius 2 is 1.65 bits per heavy atom.